The number of aldehydes is 1. The molecule has 0 N–H and O–H groups in total. The summed E-state index contributed by atoms with van der Waals surface area (Å²) >= 11 is 0. The van der Waals surface area contributed by atoms with Crippen molar-refractivity contribution in [3.8, 4) is 5.75 Å². The summed E-state index contributed by atoms with van der Waals surface area (Å²) in [4.78, 5) is 36.1. The molecular formula is C19H17NO5. The van der Waals surface area contributed by atoms with E-state index in [-0.39, 0.29) is 25.1 Å². The number of amides is 1. The van der Waals surface area contributed by atoms with Crippen molar-refractivity contribution in [2.24, 2.45) is 0 Å². The normalized spacial score (nSPS) is 13.0. The number of anilines is 1. The van der Waals surface area contributed by atoms with Gasteiger partial charge in [0.15, 0.2) is 6.61 Å². The van der Waals surface area contributed by atoms with Gasteiger partial charge in [-0.3, -0.25) is 14.4 Å². The standard InChI is InChI=1S/C19H17NO5/c1-13(22)24-11-16-5-3-2-4-15(16)9-20-17-8-14(10-21)6-7-18(17)25-12-19(20)23/h2-8,10H,9,11-12H2,1H3. The highest BCUT2D eigenvalue weighted by molar-refractivity contribution is 5.98. The van der Waals surface area contributed by atoms with Crippen LogP contribution in [0.2, 0.25) is 0 Å². The zero-order chi connectivity index (χ0) is 17.8. The van der Waals surface area contributed by atoms with E-state index in [4.69, 9.17) is 9.47 Å². The second-order valence-corrected chi connectivity index (χ2v) is 5.66. The molecule has 1 amide bonds. The second-order valence-electron chi connectivity index (χ2n) is 5.66. The molecule has 0 fully saturated rings. The van der Waals surface area contributed by atoms with Crippen LogP contribution in [0.25, 0.3) is 0 Å². The number of rotatable bonds is 5. The maximum absolute atomic E-state index is 12.4. The van der Waals surface area contributed by atoms with Crippen LogP contribution < -0.4 is 9.64 Å². The van der Waals surface area contributed by atoms with Crippen LogP contribution >= 0.6 is 0 Å². The van der Waals surface area contributed by atoms with E-state index < -0.39 is 0 Å². The first-order valence-electron chi connectivity index (χ1n) is 7.81. The van der Waals surface area contributed by atoms with Gasteiger partial charge in [-0.2, -0.15) is 0 Å². The Kier molecular flexibility index (Phi) is 4.79. The molecule has 6 heteroatoms. The Labute approximate surface area is 145 Å². The monoisotopic (exact) mass is 339 g/mol. The number of ether oxygens (including phenoxy) is 2. The van der Waals surface area contributed by atoms with E-state index in [1.807, 2.05) is 24.3 Å². The topological polar surface area (TPSA) is 72.9 Å². The molecule has 1 heterocycles. The summed E-state index contributed by atoms with van der Waals surface area (Å²) < 4.78 is 10.5. The highest BCUT2D eigenvalue weighted by atomic mass is 16.5. The summed E-state index contributed by atoms with van der Waals surface area (Å²) in [6, 6.07) is 12.4. The lowest BCUT2D eigenvalue weighted by Gasteiger charge is -2.30. The van der Waals surface area contributed by atoms with Crippen molar-refractivity contribution in [1.82, 2.24) is 0 Å². The Bertz CT molecular complexity index is 830. The molecule has 2 aromatic carbocycles. The maximum atomic E-state index is 12.4. The number of carbonyl (C=O) groups is 3. The molecule has 0 aromatic heterocycles. The number of benzene rings is 2. The zero-order valence-corrected chi connectivity index (χ0v) is 13.7. The van der Waals surface area contributed by atoms with Crippen molar-refractivity contribution >= 4 is 23.9 Å². The first-order chi connectivity index (χ1) is 12.1. The Morgan fingerprint density at radius 3 is 2.72 bits per heavy atom. The molecule has 0 spiro atoms. The summed E-state index contributed by atoms with van der Waals surface area (Å²) in [5, 5.41) is 0. The Hall–Kier alpha value is -3.15. The van der Waals surface area contributed by atoms with E-state index in [9.17, 15) is 14.4 Å². The highest BCUT2D eigenvalue weighted by Crippen LogP contribution is 2.34. The molecule has 0 atom stereocenters. The summed E-state index contributed by atoms with van der Waals surface area (Å²) in [5.41, 5.74) is 2.71. The van der Waals surface area contributed by atoms with Gasteiger partial charge in [-0.25, -0.2) is 0 Å². The van der Waals surface area contributed by atoms with Crippen LogP contribution in [0.1, 0.15) is 28.4 Å². The van der Waals surface area contributed by atoms with Crippen LogP contribution in [0.4, 0.5) is 5.69 Å². The van der Waals surface area contributed by atoms with Crippen molar-refractivity contribution in [3.63, 3.8) is 0 Å². The molecule has 1 aliphatic rings. The number of carbonyl (C=O) groups excluding carboxylic acids is 3. The summed E-state index contributed by atoms with van der Waals surface area (Å²) in [7, 11) is 0. The average molecular weight is 339 g/mol. The van der Waals surface area contributed by atoms with Gasteiger partial charge in [0, 0.05) is 12.5 Å². The lowest BCUT2D eigenvalue weighted by molar-refractivity contribution is -0.142. The summed E-state index contributed by atoms with van der Waals surface area (Å²) in [5.74, 6) is -0.00118. The molecule has 3 rings (SSSR count). The predicted octanol–water partition coefficient (Wildman–Crippen LogP) is 2.49. The van der Waals surface area contributed by atoms with Crippen LogP contribution in [-0.4, -0.2) is 24.8 Å². The predicted molar refractivity (Wildman–Crippen MR) is 90.4 cm³/mol. The Balaban J connectivity index is 1.92. The van der Waals surface area contributed by atoms with Gasteiger partial charge in [0.2, 0.25) is 0 Å². The molecule has 0 unspecified atom stereocenters. The number of hydrogen-bond acceptors (Lipinski definition) is 5. The van der Waals surface area contributed by atoms with Crippen molar-refractivity contribution in [1.29, 1.82) is 0 Å². The lowest BCUT2D eigenvalue weighted by Crippen LogP contribution is -2.38. The van der Waals surface area contributed by atoms with Gasteiger partial charge in [-0.1, -0.05) is 24.3 Å². The van der Waals surface area contributed by atoms with E-state index in [2.05, 4.69) is 0 Å². The quantitative estimate of drug-likeness (QED) is 0.618. The van der Waals surface area contributed by atoms with Gasteiger partial charge in [-0.15, -0.1) is 0 Å². The lowest BCUT2D eigenvalue weighted by atomic mass is 10.1. The molecule has 0 aliphatic carbocycles. The van der Waals surface area contributed by atoms with Crippen LogP contribution in [-0.2, 0) is 27.5 Å². The van der Waals surface area contributed by atoms with Crippen LogP contribution in [0.3, 0.4) is 0 Å². The van der Waals surface area contributed by atoms with E-state index >= 15 is 0 Å². The molecule has 0 saturated carbocycles. The van der Waals surface area contributed by atoms with Crippen LogP contribution in [0, 0.1) is 0 Å². The Morgan fingerprint density at radius 1 is 1.24 bits per heavy atom. The van der Waals surface area contributed by atoms with Gasteiger partial charge in [0.25, 0.3) is 5.91 Å². The van der Waals surface area contributed by atoms with E-state index in [1.165, 1.54) is 6.92 Å². The van der Waals surface area contributed by atoms with Gasteiger partial charge >= 0.3 is 5.97 Å². The summed E-state index contributed by atoms with van der Waals surface area (Å²) in [6.45, 7) is 1.74. The molecule has 25 heavy (non-hydrogen) atoms. The number of esters is 1. The molecule has 0 radical (unpaired) electrons. The first-order valence-corrected chi connectivity index (χ1v) is 7.81. The molecule has 128 valence electrons. The smallest absolute Gasteiger partial charge is 0.302 e. The van der Waals surface area contributed by atoms with E-state index in [0.717, 1.165) is 17.4 Å². The third-order valence-electron chi connectivity index (χ3n) is 3.94. The van der Waals surface area contributed by atoms with Crippen molar-refractivity contribution in [3.05, 3.63) is 59.2 Å². The SMILES string of the molecule is CC(=O)OCc1ccccc1CN1C(=O)COc2ccc(C=O)cc21. The van der Waals surface area contributed by atoms with Gasteiger partial charge in [-0.05, 0) is 29.3 Å². The average Bonchev–Trinajstić information content (AvgIpc) is 2.62. The molecular weight excluding hydrogens is 322 g/mol. The van der Waals surface area contributed by atoms with E-state index in [1.54, 1.807) is 23.1 Å². The molecule has 0 saturated heterocycles. The third kappa shape index (κ3) is 3.68. The Morgan fingerprint density at radius 2 is 2.00 bits per heavy atom. The summed E-state index contributed by atoms with van der Waals surface area (Å²) in [6.07, 6.45) is 0.728. The zero-order valence-electron chi connectivity index (χ0n) is 13.7. The fraction of sp³-hybridized carbons (Fsp3) is 0.211. The van der Waals surface area contributed by atoms with E-state index in [0.29, 0.717) is 23.5 Å². The third-order valence-corrected chi connectivity index (χ3v) is 3.94. The van der Waals surface area contributed by atoms with Gasteiger partial charge in [0.1, 0.15) is 18.6 Å². The van der Waals surface area contributed by atoms with Crippen molar-refractivity contribution in [2.75, 3.05) is 11.5 Å². The molecule has 2 aromatic rings. The number of fused-ring (bicyclic) bond motifs is 1. The number of hydrogen-bond donors (Lipinski definition) is 0. The maximum Gasteiger partial charge on any atom is 0.302 e. The molecule has 1 aliphatic heterocycles. The largest absolute Gasteiger partial charge is 0.482 e. The fourth-order valence-electron chi connectivity index (χ4n) is 2.67. The number of nitrogens with zero attached hydrogens (tertiary/aromatic N) is 1. The molecule has 0 bridgehead atoms. The second kappa shape index (κ2) is 7.17. The van der Waals surface area contributed by atoms with Crippen LogP contribution in [0.15, 0.2) is 42.5 Å². The fourth-order valence-corrected chi connectivity index (χ4v) is 2.67. The highest BCUT2D eigenvalue weighted by Gasteiger charge is 2.26. The minimum Gasteiger partial charge on any atom is -0.482 e. The van der Waals surface area contributed by atoms with Crippen LogP contribution in [0.5, 0.6) is 5.75 Å². The minimum absolute atomic E-state index is 0.0560. The first kappa shape index (κ1) is 16.7. The van der Waals surface area contributed by atoms with Crippen molar-refractivity contribution < 1.29 is 23.9 Å². The van der Waals surface area contributed by atoms with Crippen molar-refractivity contribution in [2.45, 2.75) is 20.1 Å². The van der Waals surface area contributed by atoms with Gasteiger partial charge in [0.05, 0.1) is 12.2 Å². The molecule has 6 nitrogen and oxygen atoms in total. The van der Waals surface area contributed by atoms with Gasteiger partial charge < -0.3 is 14.4 Å². The minimum atomic E-state index is -0.363.